The van der Waals surface area contributed by atoms with Crippen LogP contribution >= 0.6 is 11.3 Å². The lowest BCUT2D eigenvalue weighted by Crippen LogP contribution is -2.28. The Bertz CT molecular complexity index is 3660. The van der Waals surface area contributed by atoms with Gasteiger partial charge in [0.05, 0.1) is 5.41 Å². The Morgan fingerprint density at radius 1 is 0.344 bits per heavy atom. The Kier molecular flexibility index (Phi) is 8.34. The molecule has 10 aromatic carbocycles. The molecule has 64 heavy (non-hydrogen) atoms. The normalized spacial score (nSPS) is 12.8. The maximum absolute atomic E-state index is 6.26. The molecule has 1 aliphatic carbocycles. The largest absolute Gasteiger partial charge is 0.456 e. The van der Waals surface area contributed by atoms with Crippen molar-refractivity contribution in [3.8, 4) is 33.4 Å². The highest BCUT2D eigenvalue weighted by Crippen LogP contribution is 2.58. The molecule has 0 spiro atoms. The highest BCUT2D eigenvalue weighted by molar-refractivity contribution is 7.26. The number of furan rings is 1. The van der Waals surface area contributed by atoms with Crippen LogP contribution in [0.1, 0.15) is 22.3 Å². The van der Waals surface area contributed by atoms with Gasteiger partial charge in [-0.25, -0.2) is 0 Å². The first-order chi connectivity index (χ1) is 31.7. The van der Waals surface area contributed by atoms with E-state index in [4.69, 9.17) is 4.42 Å². The van der Waals surface area contributed by atoms with E-state index in [1.807, 2.05) is 23.5 Å². The minimum atomic E-state index is -0.430. The van der Waals surface area contributed by atoms with E-state index in [0.717, 1.165) is 39.0 Å². The second-order valence-corrected chi connectivity index (χ2v) is 17.8. The van der Waals surface area contributed by atoms with Gasteiger partial charge >= 0.3 is 0 Å². The highest BCUT2D eigenvalue weighted by atomic mass is 32.1. The number of rotatable bonds is 7. The van der Waals surface area contributed by atoms with E-state index in [1.165, 1.54) is 75.8 Å². The monoisotopic (exact) mass is 833 g/mol. The molecule has 0 amide bonds. The summed E-state index contributed by atoms with van der Waals surface area (Å²) in [7, 11) is 0. The molecule has 0 radical (unpaired) electrons. The second kappa shape index (κ2) is 14.6. The standard InChI is InChI=1S/C61H39NOS/c1-4-15-40(16-5-1)41-27-31-45(32-28-41)62(47-35-36-58-53(37-47)50-22-11-13-26-57(50)63-58)46-33-29-42(30-34-46)48-23-14-24-51-54-38-52-49-21-10-12-25-55(49)61(43-17-6-2-7-18-43,44-19-8-3-9-20-44)56(52)39-59(54)64-60(48)51/h1-39H. The Morgan fingerprint density at radius 2 is 0.906 bits per heavy atom. The van der Waals surface area contributed by atoms with Crippen LogP contribution in [0.4, 0.5) is 17.1 Å². The number of anilines is 3. The molecule has 0 aliphatic heterocycles. The number of nitrogens with zero attached hydrogens (tertiary/aromatic N) is 1. The average molecular weight is 834 g/mol. The molecule has 0 atom stereocenters. The zero-order valence-corrected chi connectivity index (χ0v) is 35.6. The van der Waals surface area contributed by atoms with Crippen LogP contribution in [0.25, 0.3) is 75.5 Å². The summed E-state index contributed by atoms with van der Waals surface area (Å²) >= 11 is 1.91. The maximum atomic E-state index is 6.26. The fourth-order valence-electron chi connectivity index (χ4n) is 10.5. The Morgan fingerprint density at radius 3 is 1.64 bits per heavy atom. The van der Waals surface area contributed by atoms with Crippen LogP contribution in [-0.2, 0) is 5.41 Å². The summed E-state index contributed by atoms with van der Waals surface area (Å²) in [4.78, 5) is 2.35. The lowest BCUT2D eigenvalue weighted by atomic mass is 9.68. The predicted octanol–water partition coefficient (Wildman–Crippen LogP) is 17.1. The van der Waals surface area contributed by atoms with Crippen molar-refractivity contribution in [3.63, 3.8) is 0 Å². The molecule has 0 N–H and O–H groups in total. The van der Waals surface area contributed by atoms with Gasteiger partial charge in [0.1, 0.15) is 11.2 Å². The van der Waals surface area contributed by atoms with Gasteiger partial charge in [-0.3, -0.25) is 0 Å². The topological polar surface area (TPSA) is 16.4 Å². The minimum Gasteiger partial charge on any atom is -0.456 e. The molecule has 3 heteroatoms. The lowest BCUT2D eigenvalue weighted by molar-refractivity contribution is 0.669. The Balaban J connectivity index is 0.944. The second-order valence-electron chi connectivity index (χ2n) is 16.8. The van der Waals surface area contributed by atoms with Crippen molar-refractivity contribution in [3.05, 3.63) is 259 Å². The third-order valence-corrected chi connectivity index (χ3v) is 14.6. The van der Waals surface area contributed by atoms with E-state index in [1.54, 1.807) is 0 Å². The van der Waals surface area contributed by atoms with Crippen LogP contribution in [-0.4, -0.2) is 0 Å². The maximum Gasteiger partial charge on any atom is 0.135 e. The van der Waals surface area contributed by atoms with E-state index < -0.39 is 5.41 Å². The molecule has 300 valence electrons. The van der Waals surface area contributed by atoms with Gasteiger partial charge in [-0.1, -0.05) is 176 Å². The van der Waals surface area contributed by atoms with Crippen LogP contribution in [0.2, 0.25) is 0 Å². The molecule has 0 fully saturated rings. The van der Waals surface area contributed by atoms with E-state index in [9.17, 15) is 0 Å². The molecule has 0 unspecified atom stereocenters. The SMILES string of the molecule is c1ccc(-c2ccc(N(c3ccc(-c4cccc5c4sc4cc6c(cc45)-c4ccccc4C6(c4ccccc4)c4ccccc4)cc3)c3ccc4oc5ccccc5c4c3)cc2)cc1. The van der Waals surface area contributed by atoms with Crippen LogP contribution in [0.3, 0.4) is 0 Å². The molecule has 12 aromatic rings. The van der Waals surface area contributed by atoms with E-state index in [-0.39, 0.29) is 0 Å². The van der Waals surface area contributed by atoms with Gasteiger partial charge in [0, 0.05) is 48.0 Å². The van der Waals surface area contributed by atoms with Crippen molar-refractivity contribution in [2.24, 2.45) is 0 Å². The fourth-order valence-corrected chi connectivity index (χ4v) is 11.7. The van der Waals surface area contributed by atoms with Gasteiger partial charge in [-0.2, -0.15) is 0 Å². The number of hydrogen-bond donors (Lipinski definition) is 0. The van der Waals surface area contributed by atoms with Crippen molar-refractivity contribution >= 4 is 70.5 Å². The van der Waals surface area contributed by atoms with Crippen LogP contribution < -0.4 is 4.90 Å². The summed E-state index contributed by atoms with van der Waals surface area (Å²) in [6.07, 6.45) is 0. The van der Waals surface area contributed by atoms with Crippen molar-refractivity contribution in [1.29, 1.82) is 0 Å². The molecular formula is C61H39NOS. The predicted molar refractivity (Wildman–Crippen MR) is 269 cm³/mol. The Hall–Kier alpha value is -7.98. The summed E-state index contributed by atoms with van der Waals surface area (Å²) in [6.45, 7) is 0. The van der Waals surface area contributed by atoms with Crippen LogP contribution in [0.5, 0.6) is 0 Å². The van der Waals surface area contributed by atoms with Gasteiger partial charge in [0.25, 0.3) is 0 Å². The molecule has 13 rings (SSSR count). The number of thiophene rings is 1. The van der Waals surface area contributed by atoms with Gasteiger partial charge < -0.3 is 9.32 Å². The number of para-hydroxylation sites is 1. The van der Waals surface area contributed by atoms with E-state index in [2.05, 4.69) is 229 Å². The molecule has 0 saturated heterocycles. The van der Waals surface area contributed by atoms with Crippen molar-refractivity contribution in [2.75, 3.05) is 4.90 Å². The lowest BCUT2D eigenvalue weighted by Gasteiger charge is -2.33. The first-order valence-electron chi connectivity index (χ1n) is 21.9. The van der Waals surface area contributed by atoms with E-state index in [0.29, 0.717) is 0 Å². The molecule has 0 bridgehead atoms. The van der Waals surface area contributed by atoms with Gasteiger partial charge in [-0.15, -0.1) is 11.3 Å². The average Bonchev–Trinajstić information content (AvgIpc) is 4.02. The zero-order valence-electron chi connectivity index (χ0n) is 34.8. The van der Waals surface area contributed by atoms with Gasteiger partial charge in [0.15, 0.2) is 0 Å². The minimum absolute atomic E-state index is 0.430. The summed E-state index contributed by atoms with van der Waals surface area (Å²) < 4.78 is 8.86. The molecule has 2 nitrogen and oxygen atoms in total. The molecule has 2 heterocycles. The first kappa shape index (κ1) is 36.7. The van der Waals surface area contributed by atoms with Crippen LogP contribution in [0, 0.1) is 0 Å². The summed E-state index contributed by atoms with van der Waals surface area (Å²) in [5.41, 5.74) is 17.3. The van der Waals surface area contributed by atoms with E-state index >= 15 is 0 Å². The number of hydrogen-bond acceptors (Lipinski definition) is 3. The van der Waals surface area contributed by atoms with Crippen LogP contribution in [0.15, 0.2) is 241 Å². The van der Waals surface area contributed by atoms with Crippen molar-refractivity contribution in [1.82, 2.24) is 0 Å². The molecule has 0 saturated carbocycles. The summed E-state index contributed by atoms with van der Waals surface area (Å²) in [5.74, 6) is 0. The third kappa shape index (κ3) is 5.58. The molecular weight excluding hydrogens is 795 g/mol. The number of benzene rings is 10. The van der Waals surface area contributed by atoms with Gasteiger partial charge in [0.2, 0.25) is 0 Å². The Labute approximate surface area is 375 Å². The van der Waals surface area contributed by atoms with Crippen molar-refractivity contribution < 1.29 is 4.42 Å². The smallest absolute Gasteiger partial charge is 0.135 e. The zero-order chi connectivity index (χ0) is 42.2. The quantitative estimate of drug-likeness (QED) is 0.159. The molecule has 1 aliphatic rings. The highest BCUT2D eigenvalue weighted by Gasteiger charge is 2.46. The van der Waals surface area contributed by atoms with Gasteiger partial charge in [-0.05, 0) is 116 Å². The molecule has 2 aromatic heterocycles. The van der Waals surface area contributed by atoms with Crippen molar-refractivity contribution in [2.45, 2.75) is 5.41 Å². The summed E-state index contributed by atoms with van der Waals surface area (Å²) in [6, 6.07) is 86.4. The number of fused-ring (bicyclic) bond motifs is 9. The summed E-state index contributed by atoms with van der Waals surface area (Å²) in [5, 5.41) is 4.81. The first-order valence-corrected chi connectivity index (χ1v) is 22.7. The fraction of sp³-hybridized carbons (Fsp3) is 0.0164. The third-order valence-electron chi connectivity index (χ3n) is 13.4.